The number of thiocarbonyl (C=S) groups is 1. The van der Waals surface area contributed by atoms with Gasteiger partial charge < -0.3 is 0 Å². The number of nitrogens with zero attached hydrogens (tertiary/aromatic N) is 1. The summed E-state index contributed by atoms with van der Waals surface area (Å²) >= 11 is 4.61. The van der Waals surface area contributed by atoms with Crippen LogP contribution >= 0.6 is 12.2 Å². The van der Waals surface area contributed by atoms with E-state index < -0.39 is 0 Å². The van der Waals surface area contributed by atoms with Crippen molar-refractivity contribution in [2.24, 2.45) is 5.10 Å². The van der Waals surface area contributed by atoms with E-state index in [0.717, 1.165) is 0 Å². The minimum absolute atomic E-state index is 0.488. The standard InChI is InChI=1S/C2H4N4S/c7-2-5-3-1-4-6-2/h1H,(H,3,4)(H2,5,6,7). The maximum absolute atomic E-state index is 4.61. The Labute approximate surface area is 45.9 Å². The lowest BCUT2D eigenvalue weighted by Gasteiger charge is -2.09. The molecule has 1 aliphatic rings. The van der Waals surface area contributed by atoms with Gasteiger partial charge in [-0.25, -0.2) is 0 Å². The van der Waals surface area contributed by atoms with Gasteiger partial charge in [0, 0.05) is 0 Å². The van der Waals surface area contributed by atoms with E-state index >= 15 is 0 Å². The van der Waals surface area contributed by atoms with Crippen LogP contribution in [0.15, 0.2) is 5.10 Å². The maximum Gasteiger partial charge on any atom is 0.205 e. The third-order valence-corrected chi connectivity index (χ3v) is 0.674. The maximum atomic E-state index is 4.61. The van der Waals surface area contributed by atoms with Crippen LogP contribution in [-0.2, 0) is 0 Å². The summed E-state index contributed by atoms with van der Waals surface area (Å²) in [6, 6.07) is 0. The fourth-order valence-corrected chi connectivity index (χ4v) is 0.361. The predicted octanol–water partition coefficient (Wildman–Crippen LogP) is -1.09. The van der Waals surface area contributed by atoms with Crippen LogP contribution in [0, 0.1) is 0 Å². The first-order valence-electron chi connectivity index (χ1n) is 1.72. The molecule has 3 N–H and O–H groups in total. The highest BCUT2D eigenvalue weighted by atomic mass is 32.1. The quantitative estimate of drug-likeness (QED) is 0.352. The van der Waals surface area contributed by atoms with Gasteiger partial charge in [0.05, 0.1) is 0 Å². The Hall–Kier alpha value is -0.840. The molecule has 5 heteroatoms. The molecule has 1 heterocycles. The average molecular weight is 116 g/mol. The number of hydrazone groups is 1. The Morgan fingerprint density at radius 1 is 1.71 bits per heavy atom. The number of rotatable bonds is 0. The third kappa shape index (κ3) is 1.01. The molecule has 0 aromatic heterocycles. The van der Waals surface area contributed by atoms with Crippen LogP contribution in [0.1, 0.15) is 0 Å². The first-order chi connectivity index (χ1) is 3.39. The largest absolute Gasteiger partial charge is 0.287 e. The number of hydrazine groups is 1. The summed E-state index contributed by atoms with van der Waals surface area (Å²) in [6.07, 6.45) is 1.47. The zero-order valence-electron chi connectivity index (χ0n) is 3.43. The highest BCUT2D eigenvalue weighted by Crippen LogP contribution is 1.64. The first kappa shape index (κ1) is 4.32. The lowest BCUT2D eigenvalue weighted by Crippen LogP contribution is -2.45. The van der Waals surface area contributed by atoms with E-state index in [0.29, 0.717) is 5.11 Å². The summed E-state index contributed by atoms with van der Waals surface area (Å²) < 4.78 is 0. The van der Waals surface area contributed by atoms with E-state index in [2.05, 4.69) is 33.6 Å². The summed E-state index contributed by atoms with van der Waals surface area (Å²) in [5.74, 6) is 0. The van der Waals surface area contributed by atoms with Crippen LogP contribution < -0.4 is 16.3 Å². The van der Waals surface area contributed by atoms with Crippen LogP contribution in [0.2, 0.25) is 0 Å². The van der Waals surface area contributed by atoms with Crippen molar-refractivity contribution >= 4 is 23.7 Å². The molecule has 0 bridgehead atoms. The normalized spacial score (nSPS) is 16.9. The van der Waals surface area contributed by atoms with E-state index in [-0.39, 0.29) is 0 Å². The molecule has 0 unspecified atom stereocenters. The molecule has 38 valence electrons. The van der Waals surface area contributed by atoms with Gasteiger partial charge in [0.2, 0.25) is 5.11 Å². The molecule has 0 radical (unpaired) electrons. The summed E-state index contributed by atoms with van der Waals surface area (Å²) in [5.41, 5.74) is 7.70. The Balaban J connectivity index is 2.47. The van der Waals surface area contributed by atoms with E-state index in [1.807, 2.05) is 0 Å². The highest BCUT2D eigenvalue weighted by Gasteiger charge is 1.90. The molecule has 0 saturated carbocycles. The van der Waals surface area contributed by atoms with Crippen LogP contribution in [0.4, 0.5) is 0 Å². The molecule has 0 aliphatic carbocycles. The van der Waals surface area contributed by atoms with Gasteiger partial charge in [-0.1, -0.05) is 0 Å². The topological polar surface area (TPSA) is 48.5 Å². The zero-order chi connectivity index (χ0) is 5.11. The van der Waals surface area contributed by atoms with Crippen molar-refractivity contribution in [2.75, 3.05) is 0 Å². The zero-order valence-corrected chi connectivity index (χ0v) is 4.25. The second-order valence-corrected chi connectivity index (χ2v) is 1.38. The lowest BCUT2D eigenvalue weighted by atomic mass is 11.1. The molecular formula is C2H4N4S. The SMILES string of the molecule is S=C1NN=CNN1. The fraction of sp³-hybridized carbons (Fsp3) is 0. The number of hydrogen-bond donors (Lipinski definition) is 3. The summed E-state index contributed by atoms with van der Waals surface area (Å²) in [6.45, 7) is 0. The number of nitrogens with one attached hydrogen (secondary N) is 3. The second kappa shape index (κ2) is 1.74. The van der Waals surface area contributed by atoms with Crippen LogP contribution in [-0.4, -0.2) is 11.5 Å². The Morgan fingerprint density at radius 2 is 2.57 bits per heavy atom. The molecule has 0 saturated heterocycles. The van der Waals surface area contributed by atoms with Gasteiger partial charge in [-0.2, -0.15) is 5.10 Å². The Kier molecular flexibility index (Phi) is 1.08. The van der Waals surface area contributed by atoms with Crippen molar-refractivity contribution in [1.29, 1.82) is 0 Å². The predicted molar refractivity (Wildman–Crippen MR) is 30.5 cm³/mol. The van der Waals surface area contributed by atoms with Crippen LogP contribution in [0.5, 0.6) is 0 Å². The molecule has 0 aromatic rings. The van der Waals surface area contributed by atoms with Gasteiger partial charge in [0.1, 0.15) is 6.34 Å². The van der Waals surface area contributed by atoms with Gasteiger partial charge in [0.25, 0.3) is 0 Å². The van der Waals surface area contributed by atoms with Gasteiger partial charge in [-0.3, -0.25) is 16.3 Å². The molecule has 0 aromatic carbocycles. The van der Waals surface area contributed by atoms with E-state index in [1.165, 1.54) is 6.34 Å². The third-order valence-electron chi connectivity index (χ3n) is 0.481. The Bertz CT molecular complexity index is 108. The smallest absolute Gasteiger partial charge is 0.205 e. The summed E-state index contributed by atoms with van der Waals surface area (Å²) in [7, 11) is 0. The average Bonchev–Trinajstić information content (AvgIpc) is 1.69. The number of hydrogen-bond acceptors (Lipinski definition) is 3. The molecule has 0 spiro atoms. The second-order valence-electron chi connectivity index (χ2n) is 0.968. The molecule has 4 nitrogen and oxygen atoms in total. The minimum Gasteiger partial charge on any atom is -0.287 e. The van der Waals surface area contributed by atoms with Gasteiger partial charge in [-0.05, 0) is 12.2 Å². The van der Waals surface area contributed by atoms with Crippen molar-refractivity contribution in [1.82, 2.24) is 16.3 Å². The van der Waals surface area contributed by atoms with Crippen LogP contribution in [0.25, 0.3) is 0 Å². The van der Waals surface area contributed by atoms with Crippen molar-refractivity contribution in [3.8, 4) is 0 Å². The summed E-state index contributed by atoms with van der Waals surface area (Å²) in [4.78, 5) is 0. The molecule has 1 aliphatic heterocycles. The van der Waals surface area contributed by atoms with Crippen molar-refractivity contribution < 1.29 is 0 Å². The first-order valence-corrected chi connectivity index (χ1v) is 2.13. The monoisotopic (exact) mass is 116 g/mol. The molecule has 7 heavy (non-hydrogen) atoms. The van der Waals surface area contributed by atoms with E-state index in [4.69, 9.17) is 0 Å². The highest BCUT2D eigenvalue weighted by molar-refractivity contribution is 7.80. The molecule has 0 atom stereocenters. The summed E-state index contributed by atoms with van der Waals surface area (Å²) in [5, 5.41) is 4.06. The molecule has 1 rings (SSSR count). The molecule has 0 amide bonds. The molecule has 0 fully saturated rings. The van der Waals surface area contributed by atoms with E-state index in [1.54, 1.807) is 0 Å². The van der Waals surface area contributed by atoms with Crippen LogP contribution in [0.3, 0.4) is 0 Å². The van der Waals surface area contributed by atoms with Crippen molar-refractivity contribution in [2.45, 2.75) is 0 Å². The fourth-order valence-electron chi connectivity index (χ4n) is 0.249. The molecular weight excluding hydrogens is 112 g/mol. The lowest BCUT2D eigenvalue weighted by molar-refractivity contribution is 0.794. The Morgan fingerprint density at radius 3 is 2.86 bits per heavy atom. The van der Waals surface area contributed by atoms with E-state index in [9.17, 15) is 0 Å². The van der Waals surface area contributed by atoms with Gasteiger partial charge >= 0.3 is 0 Å². The minimum atomic E-state index is 0.488. The van der Waals surface area contributed by atoms with Gasteiger partial charge in [-0.15, -0.1) is 0 Å². The van der Waals surface area contributed by atoms with Crippen molar-refractivity contribution in [3.05, 3.63) is 0 Å². The van der Waals surface area contributed by atoms with Gasteiger partial charge in [0.15, 0.2) is 0 Å². The van der Waals surface area contributed by atoms with Crippen molar-refractivity contribution in [3.63, 3.8) is 0 Å².